The Bertz CT molecular complexity index is 618. The van der Waals surface area contributed by atoms with Gasteiger partial charge in [-0.2, -0.15) is 5.10 Å². The summed E-state index contributed by atoms with van der Waals surface area (Å²) in [5, 5.41) is 7.12. The van der Waals surface area contributed by atoms with Crippen molar-refractivity contribution < 1.29 is 9.59 Å². The van der Waals surface area contributed by atoms with Crippen molar-refractivity contribution in [3.05, 3.63) is 12.4 Å². The molecule has 2 aliphatic rings. The Labute approximate surface area is 172 Å². The smallest absolute Gasteiger partial charge is 0.244 e. The molecule has 3 N–H and O–H groups in total. The highest BCUT2D eigenvalue weighted by Crippen LogP contribution is 2.31. The minimum Gasteiger partial charge on any atom is -0.339 e. The van der Waals surface area contributed by atoms with E-state index in [2.05, 4.69) is 22.4 Å². The molecule has 27 heavy (non-hydrogen) atoms. The van der Waals surface area contributed by atoms with E-state index >= 15 is 0 Å². The van der Waals surface area contributed by atoms with Gasteiger partial charge < -0.3 is 20.9 Å². The van der Waals surface area contributed by atoms with E-state index in [1.807, 2.05) is 4.90 Å². The second-order valence-corrected chi connectivity index (χ2v) is 7.13. The second-order valence-electron chi connectivity index (χ2n) is 7.13. The third-order valence-corrected chi connectivity index (χ3v) is 5.35. The molecule has 0 bridgehead atoms. The van der Waals surface area contributed by atoms with Gasteiger partial charge in [0.25, 0.3) is 0 Å². The van der Waals surface area contributed by atoms with E-state index in [-0.39, 0.29) is 55.0 Å². The standard InChI is InChI=1S/C17H28N6O2.2ClH/c1-21-5-7-22(8-6-21)16(24)12-23-11-14(10-19-23)20-17(25)15-4-2-3-13(15)9-18;;/h10-11,13,15H,2-9,12,18H2,1H3,(H,20,25);2*1H/t13-,15-;;/m1../s1. The lowest BCUT2D eigenvalue weighted by Crippen LogP contribution is -2.48. The number of hydrogen-bond donors (Lipinski definition) is 2. The van der Waals surface area contributed by atoms with E-state index < -0.39 is 0 Å². The third kappa shape index (κ3) is 6.07. The highest BCUT2D eigenvalue weighted by Gasteiger charge is 2.32. The van der Waals surface area contributed by atoms with E-state index in [1.54, 1.807) is 17.1 Å². The van der Waals surface area contributed by atoms with Crippen molar-refractivity contribution in [3.8, 4) is 0 Å². The van der Waals surface area contributed by atoms with Crippen molar-refractivity contribution in [2.24, 2.45) is 17.6 Å². The molecule has 0 unspecified atom stereocenters. The molecule has 2 atom stereocenters. The minimum atomic E-state index is -0.0136. The van der Waals surface area contributed by atoms with Crippen LogP contribution in [-0.4, -0.2) is 71.2 Å². The first-order valence-electron chi connectivity index (χ1n) is 9.06. The van der Waals surface area contributed by atoms with Crippen LogP contribution in [0.3, 0.4) is 0 Å². The first-order valence-corrected chi connectivity index (χ1v) is 9.06. The zero-order valence-corrected chi connectivity index (χ0v) is 17.3. The summed E-state index contributed by atoms with van der Waals surface area (Å²) in [4.78, 5) is 28.8. The van der Waals surface area contributed by atoms with Crippen molar-refractivity contribution in [3.63, 3.8) is 0 Å². The fourth-order valence-electron chi connectivity index (χ4n) is 3.71. The van der Waals surface area contributed by atoms with E-state index in [1.165, 1.54) is 0 Å². The Morgan fingerprint density at radius 2 is 1.93 bits per heavy atom. The number of carbonyl (C=O) groups excluding carboxylic acids is 2. The monoisotopic (exact) mass is 420 g/mol. The molecule has 0 aromatic carbocycles. The highest BCUT2D eigenvalue weighted by molar-refractivity contribution is 5.92. The van der Waals surface area contributed by atoms with Crippen LogP contribution in [0.15, 0.2) is 12.4 Å². The topological polar surface area (TPSA) is 96.5 Å². The van der Waals surface area contributed by atoms with Gasteiger partial charge in [0.1, 0.15) is 6.54 Å². The molecule has 1 saturated heterocycles. The summed E-state index contributed by atoms with van der Waals surface area (Å²) < 4.78 is 1.59. The Morgan fingerprint density at radius 3 is 2.59 bits per heavy atom. The lowest BCUT2D eigenvalue weighted by Gasteiger charge is -2.32. The zero-order valence-electron chi connectivity index (χ0n) is 15.7. The molecule has 2 heterocycles. The average Bonchev–Trinajstić information content (AvgIpc) is 3.24. The van der Waals surface area contributed by atoms with Crippen LogP contribution in [0, 0.1) is 11.8 Å². The summed E-state index contributed by atoms with van der Waals surface area (Å²) >= 11 is 0. The molecule has 2 amide bonds. The van der Waals surface area contributed by atoms with E-state index in [0.717, 1.165) is 45.4 Å². The normalized spacial score (nSPS) is 22.7. The fraction of sp³-hybridized carbons (Fsp3) is 0.706. The fourth-order valence-corrected chi connectivity index (χ4v) is 3.71. The SMILES string of the molecule is CN1CCN(C(=O)Cn2cc(NC(=O)[C@@H]3CCC[C@@H]3CN)cn2)CC1.Cl.Cl. The lowest BCUT2D eigenvalue weighted by atomic mass is 9.95. The number of rotatable bonds is 5. The van der Waals surface area contributed by atoms with Crippen molar-refractivity contribution in [2.45, 2.75) is 25.8 Å². The number of nitrogens with two attached hydrogens (primary N) is 1. The summed E-state index contributed by atoms with van der Waals surface area (Å²) in [5.41, 5.74) is 6.39. The van der Waals surface area contributed by atoms with Gasteiger partial charge in [-0.15, -0.1) is 24.8 Å². The molecular formula is C17H30Cl2N6O2. The lowest BCUT2D eigenvalue weighted by molar-refractivity contribution is -0.133. The van der Waals surface area contributed by atoms with E-state index in [9.17, 15) is 9.59 Å². The van der Waals surface area contributed by atoms with Crippen molar-refractivity contribution in [1.29, 1.82) is 0 Å². The molecule has 1 aromatic rings. The van der Waals surface area contributed by atoms with Crippen LogP contribution in [0.5, 0.6) is 0 Å². The number of aromatic nitrogens is 2. The molecule has 154 valence electrons. The van der Waals surface area contributed by atoms with Crippen LogP contribution in [0.4, 0.5) is 5.69 Å². The molecule has 3 rings (SSSR count). The van der Waals surface area contributed by atoms with Crippen LogP contribution in [0.1, 0.15) is 19.3 Å². The average molecular weight is 421 g/mol. The summed E-state index contributed by atoms with van der Waals surface area (Å²) in [5.74, 6) is 0.333. The molecule has 1 saturated carbocycles. The minimum absolute atomic E-state index is 0. The number of hydrogen-bond acceptors (Lipinski definition) is 5. The van der Waals surface area contributed by atoms with Gasteiger partial charge in [0, 0.05) is 38.3 Å². The molecule has 2 fully saturated rings. The Morgan fingerprint density at radius 1 is 1.22 bits per heavy atom. The van der Waals surface area contributed by atoms with Gasteiger partial charge in [-0.05, 0) is 32.4 Å². The number of carbonyl (C=O) groups is 2. The predicted octanol–water partition coefficient (Wildman–Crippen LogP) is 0.814. The van der Waals surface area contributed by atoms with Crippen LogP contribution in [-0.2, 0) is 16.1 Å². The number of nitrogens with zero attached hydrogens (tertiary/aromatic N) is 4. The van der Waals surface area contributed by atoms with Crippen LogP contribution >= 0.6 is 24.8 Å². The molecule has 1 aliphatic carbocycles. The van der Waals surface area contributed by atoms with Crippen molar-refractivity contribution >= 4 is 42.3 Å². The largest absolute Gasteiger partial charge is 0.339 e. The summed E-state index contributed by atoms with van der Waals surface area (Å²) in [7, 11) is 2.06. The maximum atomic E-state index is 12.4. The number of nitrogens with one attached hydrogen (secondary N) is 1. The Hall–Kier alpha value is -1.35. The van der Waals surface area contributed by atoms with Gasteiger partial charge in [0.2, 0.25) is 11.8 Å². The van der Waals surface area contributed by atoms with Crippen LogP contribution in [0.2, 0.25) is 0 Å². The van der Waals surface area contributed by atoms with Gasteiger partial charge in [0.15, 0.2) is 0 Å². The van der Waals surface area contributed by atoms with Gasteiger partial charge >= 0.3 is 0 Å². The molecule has 8 nitrogen and oxygen atoms in total. The van der Waals surface area contributed by atoms with Gasteiger partial charge in [-0.1, -0.05) is 6.42 Å². The predicted molar refractivity (Wildman–Crippen MR) is 109 cm³/mol. The van der Waals surface area contributed by atoms with Crippen molar-refractivity contribution in [1.82, 2.24) is 19.6 Å². The molecule has 0 spiro atoms. The molecule has 1 aromatic heterocycles. The number of anilines is 1. The third-order valence-electron chi connectivity index (χ3n) is 5.35. The van der Waals surface area contributed by atoms with Gasteiger partial charge in [-0.25, -0.2) is 0 Å². The van der Waals surface area contributed by atoms with Crippen LogP contribution in [0.25, 0.3) is 0 Å². The Balaban J connectivity index is 0.00000182. The first kappa shape index (κ1) is 23.7. The molecule has 10 heteroatoms. The molecular weight excluding hydrogens is 391 g/mol. The number of likely N-dealkylation sites (N-methyl/N-ethyl adjacent to an activating group) is 1. The van der Waals surface area contributed by atoms with Crippen LogP contribution < -0.4 is 11.1 Å². The maximum Gasteiger partial charge on any atom is 0.244 e. The maximum absolute atomic E-state index is 12.4. The molecule has 0 radical (unpaired) electrons. The quantitative estimate of drug-likeness (QED) is 0.734. The summed E-state index contributed by atoms with van der Waals surface area (Å²) in [6.07, 6.45) is 6.29. The number of halogens is 2. The number of amides is 2. The van der Waals surface area contributed by atoms with Gasteiger partial charge in [0.05, 0.1) is 11.9 Å². The van der Waals surface area contributed by atoms with Gasteiger partial charge in [-0.3, -0.25) is 14.3 Å². The summed E-state index contributed by atoms with van der Waals surface area (Å²) in [6.45, 7) is 4.06. The summed E-state index contributed by atoms with van der Waals surface area (Å²) in [6, 6.07) is 0. The number of piperazine rings is 1. The Kier molecular flexibility index (Phi) is 9.52. The zero-order chi connectivity index (χ0) is 17.8. The second kappa shape index (κ2) is 10.8. The first-order chi connectivity index (χ1) is 12.1. The van der Waals surface area contributed by atoms with Crippen molar-refractivity contribution in [2.75, 3.05) is 45.1 Å². The molecule has 1 aliphatic heterocycles. The van der Waals surface area contributed by atoms with E-state index in [0.29, 0.717) is 12.2 Å². The van der Waals surface area contributed by atoms with E-state index in [4.69, 9.17) is 5.73 Å². The highest BCUT2D eigenvalue weighted by atomic mass is 35.5.